The molecule has 10 nitrogen and oxygen atoms in total. The van der Waals surface area contributed by atoms with Gasteiger partial charge in [0.15, 0.2) is 6.40 Å². The van der Waals surface area contributed by atoms with Crippen LogP contribution >= 0.6 is 0 Å². The fourth-order valence-corrected chi connectivity index (χ4v) is 4.58. The lowest BCUT2D eigenvalue weighted by Crippen LogP contribution is -2.36. The van der Waals surface area contributed by atoms with Gasteiger partial charge in [0.05, 0.1) is 30.4 Å². The van der Waals surface area contributed by atoms with Gasteiger partial charge in [0.1, 0.15) is 17.1 Å². The van der Waals surface area contributed by atoms with Gasteiger partial charge in [-0.05, 0) is 43.9 Å². The van der Waals surface area contributed by atoms with Gasteiger partial charge in [0.2, 0.25) is 5.90 Å². The van der Waals surface area contributed by atoms with Crippen LogP contribution in [0.15, 0.2) is 42.9 Å². The molecule has 2 aliphatic rings. The average molecular weight is 476 g/mol. The predicted molar refractivity (Wildman–Crippen MR) is 134 cm³/mol. The zero-order chi connectivity index (χ0) is 24.0. The monoisotopic (exact) mass is 475 g/mol. The highest BCUT2D eigenvalue weighted by Crippen LogP contribution is 2.33. The molecule has 0 spiro atoms. The van der Waals surface area contributed by atoms with Crippen molar-refractivity contribution in [2.45, 2.75) is 37.8 Å². The quantitative estimate of drug-likeness (QED) is 0.349. The summed E-state index contributed by atoms with van der Waals surface area (Å²) in [5.74, 6) is 1.47. The Hall–Kier alpha value is -3.79. The van der Waals surface area contributed by atoms with Crippen molar-refractivity contribution in [2.75, 3.05) is 36.5 Å². The summed E-state index contributed by atoms with van der Waals surface area (Å²) in [4.78, 5) is 15.8. The summed E-state index contributed by atoms with van der Waals surface area (Å²) in [5.41, 5.74) is 3.27. The van der Waals surface area contributed by atoms with Crippen molar-refractivity contribution in [2.24, 2.45) is 0 Å². The second kappa shape index (κ2) is 10.6. The Kier molecular flexibility index (Phi) is 6.99. The van der Waals surface area contributed by atoms with Gasteiger partial charge in [-0.2, -0.15) is 0 Å². The van der Waals surface area contributed by atoms with E-state index in [1.165, 1.54) is 0 Å². The molecule has 3 N–H and O–H groups in total. The molecule has 1 saturated heterocycles. The molecule has 1 aliphatic carbocycles. The molecule has 1 aromatic carbocycles. The minimum Gasteiger partial charge on any atom is -0.488 e. The second-order valence-electron chi connectivity index (χ2n) is 8.70. The predicted octanol–water partition coefficient (Wildman–Crippen LogP) is 3.61. The Labute approximate surface area is 203 Å². The molecule has 0 unspecified atom stereocenters. The molecule has 3 aromatic rings. The summed E-state index contributed by atoms with van der Waals surface area (Å²) in [6.45, 7) is 3.16. The molecule has 10 heteroatoms. The van der Waals surface area contributed by atoms with Crippen LogP contribution in [0.2, 0.25) is 0 Å². The third-order valence-electron chi connectivity index (χ3n) is 6.42. The highest BCUT2D eigenvalue weighted by molar-refractivity contribution is 5.95. The van der Waals surface area contributed by atoms with E-state index < -0.39 is 0 Å². The molecule has 3 heterocycles. The smallest absolute Gasteiger partial charge is 0.222 e. The van der Waals surface area contributed by atoms with Gasteiger partial charge < -0.3 is 24.4 Å². The summed E-state index contributed by atoms with van der Waals surface area (Å²) in [6, 6.07) is 8.09. The summed E-state index contributed by atoms with van der Waals surface area (Å²) >= 11 is 0. The summed E-state index contributed by atoms with van der Waals surface area (Å²) in [6.07, 6.45) is 9.65. The number of nitrogens with zero attached hydrogens (tertiary/aromatic N) is 4. The topological polar surface area (TPSA) is 129 Å². The van der Waals surface area contributed by atoms with Crippen LogP contribution < -0.4 is 15.0 Å². The van der Waals surface area contributed by atoms with E-state index >= 15 is 0 Å². The van der Waals surface area contributed by atoms with E-state index in [4.69, 9.17) is 25.0 Å². The lowest BCUT2D eigenvalue weighted by molar-refractivity contribution is 0.122. The van der Waals surface area contributed by atoms with E-state index in [2.05, 4.69) is 37.3 Å². The van der Waals surface area contributed by atoms with Crippen LogP contribution in [0.1, 0.15) is 31.2 Å². The van der Waals surface area contributed by atoms with Gasteiger partial charge in [-0.15, -0.1) is 0 Å². The number of rotatable bonds is 7. The molecule has 0 atom stereocenters. The molecule has 2 aromatic heterocycles. The van der Waals surface area contributed by atoms with E-state index in [1.54, 1.807) is 24.7 Å². The molecule has 0 radical (unpaired) electrons. The normalized spacial score (nSPS) is 20.3. The van der Waals surface area contributed by atoms with Crippen LogP contribution in [0.3, 0.4) is 0 Å². The highest BCUT2D eigenvalue weighted by Gasteiger charge is 2.24. The number of aromatic nitrogens is 3. The third kappa shape index (κ3) is 5.48. The number of anilines is 2. The van der Waals surface area contributed by atoms with Crippen molar-refractivity contribution in [3.8, 4) is 5.75 Å². The maximum Gasteiger partial charge on any atom is 0.222 e. The standard InChI is InChI=1S/C25H29N7O3/c26-16-34-25(27)17-1-6-23(30-15-17)31-18-2-4-20(5-3-18)35-22-14-19(32-9-11-33-12-10-32)13-21-24(22)29-8-7-28-21/h1,6-8,13-16,18,20,26-27H,2-5,9-12H2,(H,30,31). The van der Waals surface area contributed by atoms with E-state index in [-0.39, 0.29) is 12.0 Å². The molecule has 0 bridgehead atoms. The zero-order valence-corrected chi connectivity index (χ0v) is 19.4. The van der Waals surface area contributed by atoms with E-state index in [0.717, 1.165) is 86.7 Å². The molecular formula is C25H29N7O3. The van der Waals surface area contributed by atoms with Crippen LogP contribution in [-0.4, -0.2) is 65.7 Å². The number of pyridine rings is 1. The SMILES string of the molecule is N=COC(=N)c1ccc(NC2CCC(Oc3cc(N4CCOCC4)cc4nccnc34)CC2)nc1. The van der Waals surface area contributed by atoms with E-state index in [1.807, 2.05) is 6.07 Å². The largest absolute Gasteiger partial charge is 0.488 e. The average Bonchev–Trinajstić information content (AvgIpc) is 2.91. The Morgan fingerprint density at radius 2 is 1.86 bits per heavy atom. The number of morpholine rings is 1. The maximum absolute atomic E-state index is 7.72. The number of fused-ring (bicyclic) bond motifs is 1. The Bertz CT molecular complexity index is 1170. The molecule has 1 saturated carbocycles. The van der Waals surface area contributed by atoms with Crippen molar-refractivity contribution in [3.63, 3.8) is 0 Å². The fourth-order valence-electron chi connectivity index (χ4n) is 4.58. The highest BCUT2D eigenvalue weighted by atomic mass is 16.5. The van der Waals surface area contributed by atoms with Crippen molar-refractivity contribution in [3.05, 3.63) is 48.4 Å². The van der Waals surface area contributed by atoms with E-state index in [9.17, 15) is 0 Å². The van der Waals surface area contributed by atoms with Crippen LogP contribution in [-0.2, 0) is 9.47 Å². The second-order valence-corrected chi connectivity index (χ2v) is 8.70. The Morgan fingerprint density at radius 1 is 1.06 bits per heavy atom. The van der Waals surface area contributed by atoms with Gasteiger partial charge in [-0.3, -0.25) is 15.8 Å². The van der Waals surface area contributed by atoms with Crippen LogP contribution in [0, 0.1) is 10.8 Å². The van der Waals surface area contributed by atoms with Crippen LogP contribution in [0.4, 0.5) is 11.5 Å². The number of benzene rings is 1. The van der Waals surface area contributed by atoms with Gasteiger partial charge in [0.25, 0.3) is 0 Å². The van der Waals surface area contributed by atoms with Crippen molar-refractivity contribution in [1.82, 2.24) is 15.0 Å². The Balaban J connectivity index is 1.21. The van der Waals surface area contributed by atoms with Gasteiger partial charge in [-0.25, -0.2) is 9.97 Å². The third-order valence-corrected chi connectivity index (χ3v) is 6.42. The number of hydrogen-bond acceptors (Lipinski definition) is 10. The van der Waals surface area contributed by atoms with Crippen molar-refractivity contribution >= 4 is 34.8 Å². The maximum atomic E-state index is 7.72. The lowest BCUT2D eigenvalue weighted by atomic mass is 9.93. The molecule has 0 amide bonds. The molecule has 35 heavy (non-hydrogen) atoms. The fraction of sp³-hybridized carbons (Fsp3) is 0.400. The zero-order valence-electron chi connectivity index (χ0n) is 19.4. The van der Waals surface area contributed by atoms with Crippen LogP contribution in [0.5, 0.6) is 5.75 Å². The van der Waals surface area contributed by atoms with E-state index in [0.29, 0.717) is 11.6 Å². The summed E-state index contributed by atoms with van der Waals surface area (Å²) in [5, 5.41) is 18.1. The first-order valence-corrected chi connectivity index (χ1v) is 11.9. The Morgan fingerprint density at radius 3 is 2.60 bits per heavy atom. The number of nitrogens with one attached hydrogen (secondary N) is 3. The first-order valence-electron chi connectivity index (χ1n) is 11.9. The minimum absolute atomic E-state index is 0.0911. The van der Waals surface area contributed by atoms with Gasteiger partial charge in [0, 0.05) is 49.5 Å². The lowest BCUT2D eigenvalue weighted by Gasteiger charge is -2.31. The van der Waals surface area contributed by atoms with Gasteiger partial charge >= 0.3 is 0 Å². The first kappa shape index (κ1) is 23.0. The minimum atomic E-state index is -0.0911. The molecule has 5 rings (SSSR count). The molecule has 2 fully saturated rings. The van der Waals surface area contributed by atoms with Crippen molar-refractivity contribution in [1.29, 1.82) is 10.8 Å². The molecule has 182 valence electrons. The summed E-state index contributed by atoms with van der Waals surface area (Å²) in [7, 11) is 0. The van der Waals surface area contributed by atoms with Crippen molar-refractivity contribution < 1.29 is 14.2 Å². The number of ether oxygens (including phenoxy) is 3. The molecular weight excluding hydrogens is 446 g/mol. The van der Waals surface area contributed by atoms with Gasteiger partial charge in [-0.1, -0.05) is 0 Å². The number of hydrogen-bond donors (Lipinski definition) is 3. The van der Waals surface area contributed by atoms with Crippen LogP contribution in [0.25, 0.3) is 11.0 Å². The summed E-state index contributed by atoms with van der Waals surface area (Å²) < 4.78 is 16.8. The molecule has 1 aliphatic heterocycles. The first-order chi connectivity index (χ1) is 17.2.